The molecule has 7 heteroatoms. The largest absolute Gasteiger partial charge is 0.497 e. The van der Waals surface area contributed by atoms with Gasteiger partial charge in [-0.05, 0) is 73.7 Å². The van der Waals surface area contributed by atoms with Crippen LogP contribution in [0, 0.1) is 5.92 Å². The summed E-state index contributed by atoms with van der Waals surface area (Å²) < 4.78 is 21.8. The van der Waals surface area contributed by atoms with Crippen LogP contribution in [0.4, 0.5) is 0 Å². The number of nitrogens with zero attached hydrogens (tertiary/aromatic N) is 2. The third kappa shape index (κ3) is 5.53. The second-order valence-corrected chi connectivity index (χ2v) is 8.70. The molecule has 0 spiro atoms. The summed E-state index contributed by atoms with van der Waals surface area (Å²) in [5.74, 6) is 3.60. The number of methoxy groups -OCH3 is 3. The molecule has 1 atom stereocenters. The summed E-state index contributed by atoms with van der Waals surface area (Å²) in [7, 11) is 4.89. The van der Waals surface area contributed by atoms with Crippen LogP contribution in [0.1, 0.15) is 28.8 Å². The van der Waals surface area contributed by atoms with Gasteiger partial charge in [-0.15, -0.1) is 0 Å². The second kappa shape index (κ2) is 10.8. The zero-order chi connectivity index (χ0) is 23.2. The van der Waals surface area contributed by atoms with Crippen molar-refractivity contribution >= 4 is 5.91 Å². The summed E-state index contributed by atoms with van der Waals surface area (Å²) in [6.45, 7) is 5.39. The minimum atomic E-state index is 0.101. The predicted molar refractivity (Wildman–Crippen MR) is 127 cm³/mol. The van der Waals surface area contributed by atoms with Gasteiger partial charge in [0.2, 0.25) is 0 Å². The zero-order valence-corrected chi connectivity index (χ0v) is 19.8. The van der Waals surface area contributed by atoms with Crippen LogP contribution < -0.4 is 18.9 Å². The number of hydrogen-bond donors (Lipinski definition) is 0. The van der Waals surface area contributed by atoms with E-state index in [0.29, 0.717) is 24.0 Å². The molecule has 0 bridgehead atoms. The van der Waals surface area contributed by atoms with Crippen LogP contribution in [-0.4, -0.2) is 76.4 Å². The quantitative estimate of drug-likeness (QED) is 0.512. The Morgan fingerprint density at radius 1 is 0.939 bits per heavy atom. The Balaban J connectivity index is 1.22. The Morgan fingerprint density at radius 2 is 1.67 bits per heavy atom. The minimum absolute atomic E-state index is 0.101. The van der Waals surface area contributed by atoms with Crippen LogP contribution in [-0.2, 0) is 6.42 Å². The van der Waals surface area contributed by atoms with E-state index in [-0.39, 0.29) is 5.91 Å². The maximum Gasteiger partial charge on any atom is 0.254 e. The highest BCUT2D eigenvalue weighted by Gasteiger charge is 2.30. The summed E-state index contributed by atoms with van der Waals surface area (Å²) in [4.78, 5) is 17.6. The van der Waals surface area contributed by atoms with Gasteiger partial charge in [0, 0.05) is 31.7 Å². The van der Waals surface area contributed by atoms with Gasteiger partial charge in [0.1, 0.15) is 11.5 Å². The SMILES string of the molecule is COc1ccc(OCCCN2CCC(CN3CCc4cc(OC)c(OC)cc4C3=O)C2)cc1. The van der Waals surface area contributed by atoms with Gasteiger partial charge in [0.15, 0.2) is 11.5 Å². The third-order valence-electron chi connectivity index (χ3n) is 6.57. The van der Waals surface area contributed by atoms with E-state index in [2.05, 4.69) is 4.90 Å². The second-order valence-electron chi connectivity index (χ2n) is 8.70. The summed E-state index contributed by atoms with van der Waals surface area (Å²) in [5, 5.41) is 0. The van der Waals surface area contributed by atoms with Gasteiger partial charge >= 0.3 is 0 Å². The van der Waals surface area contributed by atoms with Crippen molar-refractivity contribution in [3.63, 3.8) is 0 Å². The van der Waals surface area contributed by atoms with Crippen LogP contribution in [0.2, 0.25) is 0 Å². The maximum atomic E-state index is 13.1. The molecule has 1 fully saturated rings. The molecule has 0 saturated carbocycles. The van der Waals surface area contributed by atoms with Crippen molar-refractivity contribution in [3.8, 4) is 23.0 Å². The molecule has 2 aromatic rings. The van der Waals surface area contributed by atoms with Gasteiger partial charge < -0.3 is 28.7 Å². The van der Waals surface area contributed by atoms with Crippen molar-refractivity contribution in [1.29, 1.82) is 0 Å². The lowest BCUT2D eigenvalue weighted by Gasteiger charge is -2.31. The standard InChI is InChI=1S/C26H34N2O5/c1-30-21-5-7-22(8-6-21)33-14-4-11-27-12-9-19(17-27)18-28-13-10-20-15-24(31-2)25(32-3)16-23(20)26(28)29/h5-8,15-16,19H,4,9-14,17-18H2,1-3H3. The molecule has 7 nitrogen and oxygen atoms in total. The molecule has 0 aromatic heterocycles. The summed E-state index contributed by atoms with van der Waals surface area (Å²) >= 11 is 0. The van der Waals surface area contributed by atoms with Crippen LogP contribution >= 0.6 is 0 Å². The average Bonchev–Trinajstić information content (AvgIpc) is 3.30. The smallest absolute Gasteiger partial charge is 0.254 e. The first kappa shape index (κ1) is 23.2. The molecular weight excluding hydrogens is 420 g/mol. The maximum absolute atomic E-state index is 13.1. The van der Waals surface area contributed by atoms with Crippen LogP contribution in [0.3, 0.4) is 0 Å². The van der Waals surface area contributed by atoms with E-state index in [1.807, 2.05) is 41.3 Å². The van der Waals surface area contributed by atoms with E-state index in [9.17, 15) is 4.79 Å². The number of benzene rings is 2. The molecule has 1 amide bonds. The molecule has 178 valence electrons. The molecule has 2 aliphatic heterocycles. The molecule has 2 aliphatic rings. The van der Waals surface area contributed by atoms with E-state index in [0.717, 1.165) is 74.6 Å². The van der Waals surface area contributed by atoms with Crippen LogP contribution in [0.5, 0.6) is 23.0 Å². The highest BCUT2D eigenvalue weighted by molar-refractivity contribution is 5.97. The summed E-state index contributed by atoms with van der Waals surface area (Å²) in [6.07, 6.45) is 2.96. The minimum Gasteiger partial charge on any atom is -0.497 e. The van der Waals surface area contributed by atoms with E-state index in [1.54, 1.807) is 21.3 Å². The Labute approximate surface area is 196 Å². The first-order chi connectivity index (χ1) is 16.1. The van der Waals surface area contributed by atoms with Crippen LogP contribution in [0.15, 0.2) is 36.4 Å². The van der Waals surface area contributed by atoms with Gasteiger partial charge in [-0.25, -0.2) is 0 Å². The molecule has 1 saturated heterocycles. The van der Waals surface area contributed by atoms with Gasteiger partial charge in [0.05, 0.1) is 27.9 Å². The number of ether oxygens (including phenoxy) is 4. The molecular formula is C26H34N2O5. The van der Waals surface area contributed by atoms with Crippen molar-refractivity contribution in [2.75, 3.05) is 60.7 Å². The van der Waals surface area contributed by atoms with Gasteiger partial charge in [0.25, 0.3) is 5.91 Å². The van der Waals surface area contributed by atoms with Gasteiger partial charge in [-0.1, -0.05) is 0 Å². The van der Waals surface area contributed by atoms with Crippen molar-refractivity contribution in [2.24, 2.45) is 5.92 Å². The normalized spacial score (nSPS) is 18.2. The summed E-state index contributed by atoms with van der Waals surface area (Å²) in [5.41, 5.74) is 1.78. The topological polar surface area (TPSA) is 60.5 Å². The van der Waals surface area contributed by atoms with Crippen LogP contribution in [0.25, 0.3) is 0 Å². The van der Waals surface area contributed by atoms with E-state index < -0.39 is 0 Å². The van der Waals surface area contributed by atoms with Crippen molar-refractivity contribution in [1.82, 2.24) is 9.80 Å². The lowest BCUT2D eigenvalue weighted by atomic mass is 9.96. The number of carbonyl (C=O) groups excluding carboxylic acids is 1. The molecule has 0 radical (unpaired) electrons. The molecule has 0 N–H and O–H groups in total. The highest BCUT2D eigenvalue weighted by atomic mass is 16.5. The lowest BCUT2D eigenvalue weighted by molar-refractivity contribution is 0.0712. The fourth-order valence-corrected chi connectivity index (χ4v) is 4.76. The first-order valence-corrected chi connectivity index (χ1v) is 11.6. The molecule has 0 aliphatic carbocycles. The van der Waals surface area contributed by atoms with Crippen molar-refractivity contribution < 1.29 is 23.7 Å². The zero-order valence-electron chi connectivity index (χ0n) is 19.8. The molecule has 1 unspecified atom stereocenters. The summed E-state index contributed by atoms with van der Waals surface area (Å²) in [6, 6.07) is 11.5. The fraction of sp³-hybridized carbons (Fsp3) is 0.500. The predicted octanol–water partition coefficient (Wildman–Crippen LogP) is 3.50. The Kier molecular flexibility index (Phi) is 7.60. The Morgan fingerprint density at radius 3 is 2.39 bits per heavy atom. The third-order valence-corrected chi connectivity index (χ3v) is 6.57. The number of fused-ring (bicyclic) bond motifs is 1. The van der Waals surface area contributed by atoms with Crippen molar-refractivity contribution in [2.45, 2.75) is 19.3 Å². The number of amides is 1. The molecule has 2 aromatic carbocycles. The van der Waals surface area contributed by atoms with Crippen molar-refractivity contribution in [3.05, 3.63) is 47.5 Å². The molecule has 33 heavy (non-hydrogen) atoms. The van der Waals surface area contributed by atoms with Gasteiger partial charge in [-0.3, -0.25) is 4.79 Å². The monoisotopic (exact) mass is 454 g/mol. The Bertz CT molecular complexity index is 946. The van der Waals surface area contributed by atoms with E-state index in [1.165, 1.54) is 0 Å². The Hall–Kier alpha value is -2.93. The first-order valence-electron chi connectivity index (χ1n) is 11.6. The van der Waals surface area contributed by atoms with E-state index in [4.69, 9.17) is 18.9 Å². The number of rotatable bonds is 10. The number of carbonyl (C=O) groups is 1. The number of hydrogen-bond acceptors (Lipinski definition) is 6. The van der Waals surface area contributed by atoms with E-state index >= 15 is 0 Å². The number of likely N-dealkylation sites (tertiary alicyclic amines) is 1. The molecule has 2 heterocycles. The average molecular weight is 455 g/mol. The molecule has 4 rings (SSSR count). The van der Waals surface area contributed by atoms with Gasteiger partial charge in [-0.2, -0.15) is 0 Å². The lowest BCUT2D eigenvalue weighted by Crippen LogP contribution is -2.41. The highest BCUT2D eigenvalue weighted by Crippen LogP contribution is 2.33. The fourth-order valence-electron chi connectivity index (χ4n) is 4.76.